The molecule has 0 saturated carbocycles. The zero-order valence-electron chi connectivity index (χ0n) is 8.53. The van der Waals surface area contributed by atoms with Crippen molar-refractivity contribution in [3.05, 3.63) is 45.6 Å². The molecule has 0 saturated heterocycles. The lowest BCUT2D eigenvalue weighted by Crippen LogP contribution is -2.10. The van der Waals surface area contributed by atoms with Crippen LogP contribution in [0, 0.1) is 0 Å². The van der Waals surface area contributed by atoms with Gasteiger partial charge in [-0.1, -0.05) is 12.1 Å². The molecule has 0 fully saturated rings. The van der Waals surface area contributed by atoms with Crippen molar-refractivity contribution < 1.29 is 0 Å². The van der Waals surface area contributed by atoms with E-state index in [9.17, 15) is 0 Å². The Kier molecular flexibility index (Phi) is 4.01. The smallest absolute Gasteiger partial charge is 0.0632 e. The molecule has 0 spiro atoms. The molecule has 0 aliphatic rings. The Morgan fingerprint density at radius 3 is 2.75 bits per heavy atom. The second-order valence-electron chi connectivity index (χ2n) is 3.33. The van der Waals surface area contributed by atoms with E-state index in [4.69, 9.17) is 0 Å². The quantitative estimate of drug-likeness (QED) is 0.919. The van der Waals surface area contributed by atoms with Gasteiger partial charge in [0, 0.05) is 22.9 Å². The van der Waals surface area contributed by atoms with Gasteiger partial charge in [0.15, 0.2) is 0 Å². The molecule has 1 aromatic carbocycles. The summed E-state index contributed by atoms with van der Waals surface area (Å²) in [7, 11) is 0. The molecule has 84 valence electrons. The number of para-hydroxylation sites is 1. The molecule has 0 bridgehead atoms. The highest BCUT2D eigenvalue weighted by atomic mass is 79.9. The van der Waals surface area contributed by atoms with E-state index in [1.165, 1.54) is 0 Å². The van der Waals surface area contributed by atoms with Crippen LogP contribution in [0.5, 0.6) is 0 Å². The minimum Gasteiger partial charge on any atom is -0.382 e. The zero-order chi connectivity index (χ0) is 11.4. The number of nitrogens with one attached hydrogen (secondary N) is 1. The molecule has 0 amide bonds. The Morgan fingerprint density at radius 2 is 2.06 bits per heavy atom. The third-order valence-electron chi connectivity index (χ3n) is 2.13. The first-order valence-electron chi connectivity index (χ1n) is 4.92. The maximum Gasteiger partial charge on any atom is 0.0632 e. The molecule has 5 heteroatoms. The third kappa shape index (κ3) is 3.09. The number of halogens is 2. The van der Waals surface area contributed by atoms with Crippen molar-refractivity contribution >= 4 is 37.5 Å². The summed E-state index contributed by atoms with van der Waals surface area (Å²) in [6, 6.07) is 8.08. The number of hydrogen-bond donors (Lipinski definition) is 1. The predicted molar refractivity (Wildman–Crippen MR) is 72.6 cm³/mol. The van der Waals surface area contributed by atoms with Gasteiger partial charge in [-0.2, -0.15) is 5.10 Å². The zero-order valence-corrected chi connectivity index (χ0v) is 11.7. The fraction of sp³-hybridized carbons (Fsp3) is 0.182. The van der Waals surface area contributed by atoms with Crippen LogP contribution in [0.2, 0.25) is 0 Å². The molecular formula is C11H11Br2N3. The normalized spacial score (nSPS) is 10.4. The number of anilines is 1. The van der Waals surface area contributed by atoms with E-state index in [2.05, 4.69) is 42.3 Å². The Balaban J connectivity index is 1.87. The van der Waals surface area contributed by atoms with E-state index < -0.39 is 0 Å². The van der Waals surface area contributed by atoms with Crippen LogP contribution in [0.4, 0.5) is 5.69 Å². The van der Waals surface area contributed by atoms with Crippen LogP contribution in [-0.4, -0.2) is 16.3 Å². The summed E-state index contributed by atoms with van der Waals surface area (Å²) < 4.78 is 3.98. The van der Waals surface area contributed by atoms with Crippen LogP contribution in [0.15, 0.2) is 45.6 Å². The largest absolute Gasteiger partial charge is 0.382 e. The van der Waals surface area contributed by atoms with Gasteiger partial charge in [0.25, 0.3) is 0 Å². The van der Waals surface area contributed by atoms with E-state index in [1.807, 2.05) is 35.1 Å². The summed E-state index contributed by atoms with van der Waals surface area (Å²) in [5.74, 6) is 0. The Labute approximate surface area is 111 Å². The number of nitrogens with zero attached hydrogens (tertiary/aromatic N) is 2. The first-order valence-corrected chi connectivity index (χ1v) is 6.50. The number of rotatable bonds is 4. The fourth-order valence-corrected chi connectivity index (χ4v) is 2.12. The molecule has 16 heavy (non-hydrogen) atoms. The Hall–Kier alpha value is -0.810. The average Bonchev–Trinajstić information content (AvgIpc) is 2.67. The number of aromatic nitrogens is 2. The molecule has 0 radical (unpaired) electrons. The van der Waals surface area contributed by atoms with Gasteiger partial charge in [0.05, 0.1) is 17.2 Å². The second-order valence-corrected chi connectivity index (χ2v) is 5.10. The van der Waals surface area contributed by atoms with Crippen LogP contribution in [-0.2, 0) is 6.54 Å². The molecule has 0 aliphatic heterocycles. The van der Waals surface area contributed by atoms with Gasteiger partial charge >= 0.3 is 0 Å². The molecule has 2 aromatic rings. The summed E-state index contributed by atoms with van der Waals surface area (Å²) in [6.45, 7) is 1.68. The first kappa shape index (κ1) is 11.7. The van der Waals surface area contributed by atoms with E-state index in [0.717, 1.165) is 27.7 Å². The number of hydrogen-bond acceptors (Lipinski definition) is 2. The maximum absolute atomic E-state index is 4.19. The van der Waals surface area contributed by atoms with Crippen LogP contribution in [0.3, 0.4) is 0 Å². The summed E-state index contributed by atoms with van der Waals surface area (Å²) in [5, 5.41) is 7.54. The summed E-state index contributed by atoms with van der Waals surface area (Å²) >= 11 is 6.86. The summed E-state index contributed by atoms with van der Waals surface area (Å²) in [6.07, 6.45) is 3.75. The maximum atomic E-state index is 4.19. The van der Waals surface area contributed by atoms with Crippen molar-refractivity contribution in [3.63, 3.8) is 0 Å². The minimum absolute atomic E-state index is 0.840. The van der Waals surface area contributed by atoms with E-state index >= 15 is 0 Å². The third-order valence-corrected chi connectivity index (χ3v) is 3.23. The van der Waals surface area contributed by atoms with E-state index in [0.29, 0.717) is 0 Å². The van der Waals surface area contributed by atoms with Crippen LogP contribution in [0.1, 0.15) is 0 Å². The topological polar surface area (TPSA) is 29.9 Å². The van der Waals surface area contributed by atoms with E-state index in [1.54, 1.807) is 6.20 Å². The molecule has 2 rings (SSSR count). The van der Waals surface area contributed by atoms with Crippen molar-refractivity contribution in [2.75, 3.05) is 11.9 Å². The van der Waals surface area contributed by atoms with Gasteiger partial charge in [0.2, 0.25) is 0 Å². The van der Waals surface area contributed by atoms with Crippen molar-refractivity contribution in [2.45, 2.75) is 6.54 Å². The highest BCUT2D eigenvalue weighted by Crippen LogP contribution is 2.20. The van der Waals surface area contributed by atoms with Crippen LogP contribution >= 0.6 is 31.9 Å². The fourth-order valence-electron chi connectivity index (χ4n) is 1.37. The van der Waals surface area contributed by atoms with Gasteiger partial charge < -0.3 is 5.32 Å². The first-order chi connectivity index (χ1) is 7.75. The second kappa shape index (κ2) is 5.50. The predicted octanol–water partition coefficient (Wildman–Crippen LogP) is 3.52. The Bertz CT molecular complexity index is 468. The molecule has 0 unspecified atom stereocenters. The van der Waals surface area contributed by atoms with E-state index in [-0.39, 0.29) is 0 Å². The summed E-state index contributed by atoms with van der Waals surface area (Å²) in [4.78, 5) is 0. The standard InChI is InChI=1S/C11H11Br2N3/c12-9-7-15-16(8-9)6-5-14-11-4-2-1-3-10(11)13/h1-4,7-8,14H,5-6H2. The number of benzene rings is 1. The van der Waals surface area contributed by atoms with Crippen molar-refractivity contribution in [2.24, 2.45) is 0 Å². The molecule has 3 nitrogen and oxygen atoms in total. The highest BCUT2D eigenvalue weighted by Gasteiger charge is 1.98. The van der Waals surface area contributed by atoms with Gasteiger partial charge in [-0.05, 0) is 44.0 Å². The van der Waals surface area contributed by atoms with Crippen LogP contribution in [0.25, 0.3) is 0 Å². The lowest BCUT2D eigenvalue weighted by atomic mass is 10.3. The molecule has 1 aromatic heterocycles. The van der Waals surface area contributed by atoms with Gasteiger partial charge in [-0.3, -0.25) is 4.68 Å². The van der Waals surface area contributed by atoms with Crippen molar-refractivity contribution in [1.29, 1.82) is 0 Å². The molecule has 0 atom stereocenters. The van der Waals surface area contributed by atoms with Gasteiger partial charge in [0.1, 0.15) is 0 Å². The summed E-state index contributed by atoms with van der Waals surface area (Å²) in [5.41, 5.74) is 1.11. The minimum atomic E-state index is 0.840. The SMILES string of the molecule is Brc1cnn(CCNc2ccccc2Br)c1. The lowest BCUT2D eigenvalue weighted by molar-refractivity contribution is 0.637. The van der Waals surface area contributed by atoms with Crippen molar-refractivity contribution in [1.82, 2.24) is 9.78 Å². The highest BCUT2D eigenvalue weighted by molar-refractivity contribution is 9.10. The average molecular weight is 345 g/mol. The van der Waals surface area contributed by atoms with Gasteiger partial charge in [-0.25, -0.2) is 0 Å². The monoisotopic (exact) mass is 343 g/mol. The van der Waals surface area contributed by atoms with Crippen LogP contribution < -0.4 is 5.32 Å². The Morgan fingerprint density at radius 1 is 1.25 bits per heavy atom. The van der Waals surface area contributed by atoms with Crippen molar-refractivity contribution in [3.8, 4) is 0 Å². The molecule has 1 N–H and O–H groups in total. The molecule has 1 heterocycles. The molecular weight excluding hydrogens is 334 g/mol. The van der Waals surface area contributed by atoms with Gasteiger partial charge in [-0.15, -0.1) is 0 Å². The lowest BCUT2D eigenvalue weighted by Gasteiger charge is -2.08. The molecule has 0 aliphatic carbocycles.